The van der Waals surface area contributed by atoms with Gasteiger partial charge in [-0.15, -0.1) is 0 Å². The number of carbonyl (C=O) groups excluding carboxylic acids is 2. The molecule has 1 aliphatic rings. The van der Waals surface area contributed by atoms with Crippen molar-refractivity contribution < 1.29 is 31.6 Å². The van der Waals surface area contributed by atoms with E-state index in [1.165, 1.54) is 30.3 Å². The first-order valence-corrected chi connectivity index (χ1v) is 13.5. The van der Waals surface area contributed by atoms with E-state index in [0.29, 0.717) is 30.1 Å². The van der Waals surface area contributed by atoms with Crippen LogP contribution in [0.4, 0.5) is 23.2 Å². The lowest BCUT2D eigenvalue weighted by molar-refractivity contribution is -0.137. The highest BCUT2D eigenvalue weighted by atomic mass is 35.5. The molecule has 2 heterocycles. The van der Waals surface area contributed by atoms with E-state index >= 15 is 0 Å². The summed E-state index contributed by atoms with van der Waals surface area (Å²) in [5.74, 6) is -3.04. The zero-order valence-electron chi connectivity index (χ0n) is 22.2. The standard InChI is InChI=1S/C31H26ClF4N3O3/c32-22-6-1-3-18(13-22)14-25(30(41)38-10-12-39-11-9-19-16-23(33)7-8-26(19)39)24-17-27(42-28(24)29(37)40)20-4-2-5-21(15-20)31(34,35)36/h1-8,13,15-17,25H,9-12,14H2,(H2,37,40)(H,38,41)/t25-/m0/s1. The summed E-state index contributed by atoms with van der Waals surface area (Å²) in [4.78, 5) is 28.1. The fraction of sp³-hybridized carbons (Fsp3) is 0.226. The van der Waals surface area contributed by atoms with Crippen LogP contribution in [0.2, 0.25) is 5.02 Å². The number of carbonyl (C=O) groups is 2. The Kier molecular flexibility index (Phi) is 8.27. The lowest BCUT2D eigenvalue weighted by Gasteiger charge is -2.21. The van der Waals surface area contributed by atoms with E-state index in [0.717, 1.165) is 23.4 Å². The lowest BCUT2D eigenvalue weighted by Crippen LogP contribution is -2.37. The zero-order valence-corrected chi connectivity index (χ0v) is 22.9. The highest BCUT2D eigenvalue weighted by molar-refractivity contribution is 6.30. The van der Waals surface area contributed by atoms with Crippen molar-refractivity contribution in [3.63, 3.8) is 0 Å². The number of anilines is 1. The number of rotatable bonds is 9. The molecule has 0 saturated carbocycles. The van der Waals surface area contributed by atoms with E-state index in [2.05, 4.69) is 5.32 Å². The van der Waals surface area contributed by atoms with Gasteiger partial charge in [-0.25, -0.2) is 4.39 Å². The van der Waals surface area contributed by atoms with E-state index in [4.69, 9.17) is 21.8 Å². The third-order valence-electron chi connectivity index (χ3n) is 7.19. The summed E-state index contributed by atoms with van der Waals surface area (Å²) in [6.45, 7) is 1.37. The maximum absolute atomic E-state index is 13.6. The Morgan fingerprint density at radius 3 is 2.57 bits per heavy atom. The highest BCUT2D eigenvalue weighted by Gasteiger charge is 2.32. The second kappa shape index (κ2) is 11.9. The van der Waals surface area contributed by atoms with Gasteiger partial charge in [0.2, 0.25) is 5.91 Å². The van der Waals surface area contributed by atoms with Crippen LogP contribution in [0.1, 0.15) is 38.7 Å². The molecule has 0 saturated heterocycles. The number of hydrogen-bond acceptors (Lipinski definition) is 4. The van der Waals surface area contributed by atoms with E-state index in [1.54, 1.807) is 30.3 Å². The highest BCUT2D eigenvalue weighted by Crippen LogP contribution is 2.36. The largest absolute Gasteiger partial charge is 0.451 e. The number of hydrogen-bond donors (Lipinski definition) is 2. The van der Waals surface area contributed by atoms with Crippen LogP contribution in [-0.4, -0.2) is 31.4 Å². The molecule has 3 aromatic carbocycles. The number of primary amides is 1. The Balaban J connectivity index is 1.43. The van der Waals surface area contributed by atoms with Crippen molar-refractivity contribution in [2.75, 3.05) is 24.5 Å². The van der Waals surface area contributed by atoms with Crippen LogP contribution in [0.3, 0.4) is 0 Å². The lowest BCUT2D eigenvalue weighted by atomic mass is 9.90. The van der Waals surface area contributed by atoms with Crippen molar-refractivity contribution in [2.45, 2.75) is 24.9 Å². The van der Waals surface area contributed by atoms with Gasteiger partial charge < -0.3 is 20.4 Å². The first-order chi connectivity index (χ1) is 20.0. The van der Waals surface area contributed by atoms with E-state index in [9.17, 15) is 27.2 Å². The predicted octanol–water partition coefficient (Wildman–Crippen LogP) is 6.36. The summed E-state index contributed by atoms with van der Waals surface area (Å²) >= 11 is 6.16. The summed E-state index contributed by atoms with van der Waals surface area (Å²) in [6.07, 6.45) is -3.79. The molecule has 0 radical (unpaired) electrons. The molecule has 0 unspecified atom stereocenters. The number of benzene rings is 3. The average Bonchev–Trinajstić information content (AvgIpc) is 3.56. The molecule has 0 aliphatic carbocycles. The normalized spacial score (nSPS) is 13.6. The van der Waals surface area contributed by atoms with Crippen LogP contribution in [0.25, 0.3) is 11.3 Å². The third kappa shape index (κ3) is 6.44. The number of nitrogens with one attached hydrogen (secondary N) is 1. The second-order valence-corrected chi connectivity index (χ2v) is 10.5. The molecule has 6 nitrogen and oxygen atoms in total. The van der Waals surface area contributed by atoms with Crippen LogP contribution < -0.4 is 16.0 Å². The minimum atomic E-state index is -4.59. The number of amides is 2. The number of nitrogens with two attached hydrogens (primary N) is 1. The Labute approximate surface area is 244 Å². The summed E-state index contributed by atoms with van der Waals surface area (Å²) in [7, 11) is 0. The molecule has 42 heavy (non-hydrogen) atoms. The predicted molar refractivity (Wildman–Crippen MR) is 151 cm³/mol. The van der Waals surface area contributed by atoms with Gasteiger partial charge in [-0.1, -0.05) is 35.9 Å². The third-order valence-corrected chi connectivity index (χ3v) is 7.43. The zero-order chi connectivity index (χ0) is 30.0. The second-order valence-electron chi connectivity index (χ2n) is 10.0. The molecule has 0 spiro atoms. The number of fused-ring (bicyclic) bond motifs is 1. The van der Waals surface area contributed by atoms with Crippen LogP contribution >= 0.6 is 11.6 Å². The monoisotopic (exact) mass is 599 g/mol. The molecule has 0 fully saturated rings. The van der Waals surface area contributed by atoms with Crippen LogP contribution in [-0.2, 0) is 23.8 Å². The van der Waals surface area contributed by atoms with Gasteiger partial charge in [0, 0.05) is 41.5 Å². The molecule has 1 atom stereocenters. The summed E-state index contributed by atoms with van der Waals surface area (Å²) < 4.78 is 59.3. The Morgan fingerprint density at radius 2 is 1.83 bits per heavy atom. The van der Waals surface area contributed by atoms with Crippen LogP contribution in [0.5, 0.6) is 0 Å². The van der Waals surface area contributed by atoms with Crippen LogP contribution in [0, 0.1) is 5.82 Å². The van der Waals surface area contributed by atoms with Gasteiger partial charge in [-0.2, -0.15) is 13.2 Å². The quantitative estimate of drug-likeness (QED) is 0.219. The molecular formula is C31H26ClF4N3O3. The van der Waals surface area contributed by atoms with Crippen LogP contribution in [0.15, 0.2) is 77.2 Å². The fourth-order valence-electron chi connectivity index (χ4n) is 5.20. The minimum Gasteiger partial charge on any atom is -0.451 e. The van der Waals surface area contributed by atoms with E-state index in [1.807, 2.05) is 4.90 Å². The fourth-order valence-corrected chi connectivity index (χ4v) is 5.41. The first-order valence-electron chi connectivity index (χ1n) is 13.2. The molecule has 1 aromatic heterocycles. The van der Waals surface area contributed by atoms with Gasteiger partial charge in [0.15, 0.2) is 5.76 Å². The smallest absolute Gasteiger partial charge is 0.416 e. The average molecular weight is 600 g/mol. The van der Waals surface area contributed by atoms with Gasteiger partial charge in [-0.05, 0) is 72.5 Å². The van der Waals surface area contributed by atoms with E-state index in [-0.39, 0.29) is 41.4 Å². The molecule has 0 bridgehead atoms. The number of halogens is 5. The summed E-state index contributed by atoms with van der Waals surface area (Å²) in [5.41, 5.74) is 7.42. The maximum atomic E-state index is 13.6. The molecule has 4 aromatic rings. The molecule has 2 amide bonds. The molecule has 3 N–H and O–H groups in total. The van der Waals surface area contributed by atoms with Crippen molar-refractivity contribution >= 4 is 29.1 Å². The molecular weight excluding hydrogens is 574 g/mol. The Hall–Kier alpha value is -4.31. The van der Waals surface area contributed by atoms with Gasteiger partial charge in [0.05, 0.1) is 11.5 Å². The Morgan fingerprint density at radius 1 is 1.05 bits per heavy atom. The minimum absolute atomic E-state index is 0.0327. The SMILES string of the molecule is NC(=O)c1oc(-c2cccc(C(F)(F)F)c2)cc1[C@H](Cc1cccc(Cl)c1)C(=O)NCCN1CCc2cc(F)ccc21. The van der Waals surface area contributed by atoms with Gasteiger partial charge in [-0.3, -0.25) is 9.59 Å². The topological polar surface area (TPSA) is 88.6 Å². The Bertz CT molecular complexity index is 1640. The van der Waals surface area contributed by atoms with Gasteiger partial charge in [0.25, 0.3) is 5.91 Å². The maximum Gasteiger partial charge on any atom is 0.416 e. The van der Waals surface area contributed by atoms with Gasteiger partial charge >= 0.3 is 6.18 Å². The van der Waals surface area contributed by atoms with Gasteiger partial charge in [0.1, 0.15) is 11.6 Å². The molecule has 1 aliphatic heterocycles. The summed E-state index contributed by atoms with van der Waals surface area (Å²) in [6, 6.07) is 17.3. The molecule has 11 heteroatoms. The van der Waals surface area contributed by atoms with E-state index < -0.39 is 29.5 Å². The van der Waals surface area contributed by atoms with Crippen molar-refractivity contribution in [1.29, 1.82) is 0 Å². The summed E-state index contributed by atoms with van der Waals surface area (Å²) in [5, 5.41) is 3.35. The van der Waals surface area contributed by atoms with Crippen molar-refractivity contribution in [3.05, 3.63) is 112 Å². The number of alkyl halides is 3. The van der Waals surface area contributed by atoms with Crippen molar-refractivity contribution in [2.24, 2.45) is 5.73 Å². The molecule has 5 rings (SSSR count). The number of furan rings is 1. The van der Waals surface area contributed by atoms with Crippen molar-refractivity contribution in [3.8, 4) is 11.3 Å². The first kappa shape index (κ1) is 29.2. The molecule has 218 valence electrons. The number of nitrogens with zero attached hydrogens (tertiary/aromatic N) is 1. The van der Waals surface area contributed by atoms with Crippen molar-refractivity contribution in [1.82, 2.24) is 5.32 Å².